The molecule has 0 bridgehead atoms. The van der Waals surface area contributed by atoms with Crippen molar-refractivity contribution >= 4 is 27.0 Å². The second-order valence-corrected chi connectivity index (χ2v) is 7.95. The van der Waals surface area contributed by atoms with Crippen molar-refractivity contribution in [2.24, 2.45) is 11.1 Å². The van der Waals surface area contributed by atoms with Crippen LogP contribution in [0.4, 0.5) is 0 Å². The van der Waals surface area contributed by atoms with E-state index in [-0.39, 0.29) is 17.5 Å². The number of rotatable bonds is 6. The molecule has 1 aromatic carbocycles. The summed E-state index contributed by atoms with van der Waals surface area (Å²) in [5.74, 6) is 0.429. The number of methoxy groups -OCH3 is 2. The van der Waals surface area contributed by atoms with Crippen molar-refractivity contribution < 1.29 is 17.9 Å². The summed E-state index contributed by atoms with van der Waals surface area (Å²) in [5, 5.41) is -0.643. The number of hydrogen-bond acceptors (Lipinski definition) is 5. The minimum Gasteiger partial charge on any atom is -0.497 e. The fourth-order valence-electron chi connectivity index (χ4n) is 3.09. The molecule has 1 aromatic rings. The Morgan fingerprint density at radius 3 is 2.29 bits per heavy atom. The Bertz CT molecular complexity index is 641. The molecule has 0 aromatic heterocycles. The molecule has 21 heavy (non-hydrogen) atoms. The predicted molar refractivity (Wildman–Crippen MR) is 85.5 cm³/mol. The Morgan fingerprint density at radius 1 is 1.33 bits per heavy atom. The lowest BCUT2D eigenvalue weighted by atomic mass is 10.00. The molecule has 1 aliphatic carbocycles. The normalized spacial score (nSPS) is 28.1. The number of sulfone groups is 1. The van der Waals surface area contributed by atoms with Crippen LogP contribution in [0.15, 0.2) is 24.3 Å². The van der Waals surface area contributed by atoms with E-state index in [1.54, 1.807) is 19.2 Å². The lowest BCUT2D eigenvalue weighted by molar-refractivity contribution is 0.166. The van der Waals surface area contributed by atoms with Crippen molar-refractivity contribution in [1.29, 1.82) is 0 Å². The molecule has 1 aliphatic rings. The molecule has 0 aliphatic heterocycles. The zero-order chi connectivity index (χ0) is 15.8. The van der Waals surface area contributed by atoms with E-state index in [0.29, 0.717) is 5.75 Å². The van der Waals surface area contributed by atoms with E-state index in [4.69, 9.17) is 27.4 Å². The summed E-state index contributed by atoms with van der Waals surface area (Å²) in [4.78, 5) is 0.181. The molecule has 0 spiro atoms. The van der Waals surface area contributed by atoms with Gasteiger partial charge in [-0.1, -0.05) is 24.4 Å². The zero-order valence-corrected chi connectivity index (χ0v) is 13.8. The molecule has 2 N–H and O–H groups in total. The van der Waals surface area contributed by atoms with E-state index in [2.05, 4.69) is 0 Å². The molecular weight excluding hydrogens is 310 g/mol. The first-order valence-corrected chi connectivity index (χ1v) is 8.77. The van der Waals surface area contributed by atoms with Crippen LogP contribution in [0.2, 0.25) is 0 Å². The fraction of sp³-hybridized carbons (Fsp3) is 0.500. The van der Waals surface area contributed by atoms with Crippen molar-refractivity contribution in [3.63, 3.8) is 0 Å². The molecule has 0 amide bonds. The Balaban J connectivity index is 2.46. The molecule has 0 heterocycles. The molecule has 1 saturated carbocycles. The van der Waals surface area contributed by atoms with Crippen molar-refractivity contribution in [2.75, 3.05) is 27.1 Å². The van der Waals surface area contributed by atoms with Crippen molar-refractivity contribution in [3.05, 3.63) is 29.8 Å². The third kappa shape index (κ3) is 2.65. The highest BCUT2D eigenvalue weighted by atomic mass is 32.2. The van der Waals surface area contributed by atoms with E-state index < -0.39 is 20.5 Å². The van der Waals surface area contributed by atoms with Gasteiger partial charge in [0.2, 0.25) is 0 Å². The van der Waals surface area contributed by atoms with Crippen LogP contribution in [0.5, 0.6) is 5.75 Å². The maximum atomic E-state index is 12.1. The van der Waals surface area contributed by atoms with Crippen LogP contribution < -0.4 is 10.5 Å². The molecule has 7 heteroatoms. The maximum Gasteiger partial charge on any atom is 0.152 e. The van der Waals surface area contributed by atoms with Crippen molar-refractivity contribution in [3.8, 4) is 5.75 Å². The first-order chi connectivity index (χ1) is 9.79. The summed E-state index contributed by atoms with van der Waals surface area (Å²) in [6.07, 6.45) is 1.21. The van der Waals surface area contributed by atoms with Gasteiger partial charge in [0.05, 0.1) is 29.4 Å². The molecule has 3 atom stereocenters. The van der Waals surface area contributed by atoms with Gasteiger partial charge in [-0.05, 0) is 17.7 Å². The molecule has 2 rings (SSSR count). The Kier molecular flexibility index (Phi) is 4.28. The van der Waals surface area contributed by atoms with E-state index >= 15 is 0 Å². The van der Waals surface area contributed by atoms with Crippen LogP contribution in [0, 0.1) is 5.41 Å². The van der Waals surface area contributed by atoms with Gasteiger partial charge >= 0.3 is 0 Å². The second-order valence-electron chi connectivity index (χ2n) is 5.34. The summed E-state index contributed by atoms with van der Waals surface area (Å²) >= 11 is 5.14. The average molecular weight is 329 g/mol. The van der Waals surface area contributed by atoms with Gasteiger partial charge in [-0.2, -0.15) is 0 Å². The second kappa shape index (κ2) is 5.55. The molecule has 1 fully saturated rings. The maximum absolute atomic E-state index is 12.1. The molecule has 0 saturated heterocycles. The van der Waals surface area contributed by atoms with Gasteiger partial charge in [0.25, 0.3) is 0 Å². The fourth-order valence-corrected chi connectivity index (χ4v) is 5.40. The Morgan fingerprint density at radius 2 is 1.90 bits per heavy atom. The predicted octanol–water partition coefficient (Wildman–Crippen LogP) is 1.12. The van der Waals surface area contributed by atoms with E-state index in [0.717, 1.165) is 5.56 Å². The highest BCUT2D eigenvalue weighted by molar-refractivity contribution is 7.92. The van der Waals surface area contributed by atoms with Gasteiger partial charge in [0.1, 0.15) is 5.75 Å². The van der Waals surface area contributed by atoms with Crippen LogP contribution in [-0.4, -0.2) is 45.7 Å². The SMILES string of the molecule is COC[C@@]1(C(N)=S)[C@H](S(C)(=O)=O)[C@@H]1c1ccc(OC)cc1. The van der Waals surface area contributed by atoms with Crippen LogP contribution in [0.3, 0.4) is 0 Å². The van der Waals surface area contributed by atoms with Crippen LogP contribution in [0.1, 0.15) is 11.5 Å². The van der Waals surface area contributed by atoms with E-state index in [9.17, 15) is 8.42 Å². The lowest BCUT2D eigenvalue weighted by Crippen LogP contribution is -2.32. The Labute approximate surface area is 130 Å². The molecule has 0 unspecified atom stereocenters. The number of hydrogen-bond donors (Lipinski definition) is 1. The third-order valence-electron chi connectivity index (χ3n) is 4.03. The summed E-state index contributed by atoms with van der Waals surface area (Å²) in [6, 6.07) is 7.28. The highest BCUT2D eigenvalue weighted by Crippen LogP contribution is 2.63. The molecule has 116 valence electrons. The van der Waals surface area contributed by atoms with E-state index in [1.807, 2.05) is 12.1 Å². The monoisotopic (exact) mass is 329 g/mol. The van der Waals surface area contributed by atoms with Crippen LogP contribution in [0.25, 0.3) is 0 Å². The first-order valence-electron chi connectivity index (χ1n) is 6.40. The molecular formula is C14H19NO4S2. The number of benzene rings is 1. The van der Waals surface area contributed by atoms with Gasteiger partial charge in [0.15, 0.2) is 9.84 Å². The van der Waals surface area contributed by atoms with Gasteiger partial charge in [-0.3, -0.25) is 0 Å². The van der Waals surface area contributed by atoms with Crippen molar-refractivity contribution in [2.45, 2.75) is 11.2 Å². The Hall–Kier alpha value is -1.18. The largest absolute Gasteiger partial charge is 0.497 e. The summed E-state index contributed by atoms with van der Waals surface area (Å²) in [6.45, 7) is 0.191. The number of thiocarbonyl (C=S) groups is 1. The minimum atomic E-state index is -3.30. The van der Waals surface area contributed by atoms with Gasteiger partial charge < -0.3 is 15.2 Å². The summed E-state index contributed by atoms with van der Waals surface area (Å²) < 4.78 is 34.5. The summed E-state index contributed by atoms with van der Waals surface area (Å²) in [5.41, 5.74) is 5.90. The van der Waals surface area contributed by atoms with Gasteiger partial charge in [-0.25, -0.2) is 8.42 Å². The summed E-state index contributed by atoms with van der Waals surface area (Å²) in [7, 11) is -0.201. The van der Waals surface area contributed by atoms with E-state index in [1.165, 1.54) is 13.4 Å². The molecule has 5 nitrogen and oxygen atoms in total. The standard InChI is InChI=1S/C14H19NO4S2/c1-18-8-14(13(15)20)11(12(14)21(3,16)17)9-4-6-10(19-2)7-5-9/h4-7,11-12H,8H2,1-3H3,(H2,15,20)/t11-,12+,14-/m0/s1. The molecule has 0 radical (unpaired) electrons. The lowest BCUT2D eigenvalue weighted by Gasteiger charge is -2.15. The quantitative estimate of drug-likeness (QED) is 0.788. The first kappa shape index (κ1) is 16.2. The van der Waals surface area contributed by atoms with Crippen molar-refractivity contribution in [1.82, 2.24) is 0 Å². The number of ether oxygens (including phenoxy) is 2. The average Bonchev–Trinajstić information content (AvgIpc) is 3.10. The number of nitrogens with two attached hydrogens (primary N) is 1. The van der Waals surface area contributed by atoms with Crippen LogP contribution in [-0.2, 0) is 14.6 Å². The van der Waals surface area contributed by atoms with Gasteiger partial charge in [-0.15, -0.1) is 0 Å². The zero-order valence-electron chi connectivity index (χ0n) is 12.2. The minimum absolute atomic E-state index is 0.181. The van der Waals surface area contributed by atoms with Gasteiger partial charge in [0, 0.05) is 19.3 Å². The smallest absolute Gasteiger partial charge is 0.152 e. The highest BCUT2D eigenvalue weighted by Gasteiger charge is 2.71. The third-order valence-corrected chi connectivity index (χ3v) is 6.03. The van der Waals surface area contributed by atoms with Crippen LogP contribution >= 0.6 is 12.2 Å². The topological polar surface area (TPSA) is 78.6 Å².